The largest absolute Gasteiger partial charge is 0.212 e. The van der Waals surface area contributed by atoms with Crippen LogP contribution in [0, 0.1) is 20.8 Å². The van der Waals surface area contributed by atoms with Gasteiger partial charge in [-0.15, -0.1) is 0 Å². The molecule has 0 spiro atoms. The van der Waals surface area contributed by atoms with Gasteiger partial charge in [0.1, 0.15) is 7.05 Å². The fourth-order valence-electron chi connectivity index (χ4n) is 2.79. The van der Waals surface area contributed by atoms with E-state index in [4.69, 9.17) is 0 Å². The molecule has 0 bridgehead atoms. The second kappa shape index (κ2) is 5.16. The second-order valence-corrected chi connectivity index (χ2v) is 5.88. The van der Waals surface area contributed by atoms with Crippen LogP contribution in [0.2, 0.25) is 0 Å². The summed E-state index contributed by atoms with van der Waals surface area (Å²) >= 11 is 0. The summed E-state index contributed by atoms with van der Waals surface area (Å²) in [7, 11) is 2.13. The highest BCUT2D eigenvalue weighted by Gasteiger charge is 2.16. The molecule has 0 unspecified atom stereocenters. The van der Waals surface area contributed by atoms with Crippen LogP contribution in [0.5, 0.6) is 0 Å². The maximum Gasteiger partial charge on any atom is 0.212 e. The van der Waals surface area contributed by atoms with Gasteiger partial charge >= 0.3 is 0 Å². The first-order chi connectivity index (χ1) is 8.90. The van der Waals surface area contributed by atoms with Gasteiger partial charge in [-0.25, -0.2) is 4.57 Å². The minimum absolute atomic E-state index is 0.561. The normalized spacial score (nSPS) is 11.1. The number of nitrogens with zero attached hydrogens (tertiary/aromatic N) is 1. The molecule has 1 heterocycles. The molecule has 1 nitrogen and oxygen atoms in total. The molecule has 1 heteroatoms. The van der Waals surface area contributed by atoms with E-state index in [1.165, 1.54) is 33.5 Å². The van der Waals surface area contributed by atoms with E-state index in [9.17, 15) is 0 Å². The molecule has 0 saturated heterocycles. The first-order valence-corrected chi connectivity index (χ1v) is 6.98. The van der Waals surface area contributed by atoms with Crippen molar-refractivity contribution in [3.05, 3.63) is 52.7 Å². The Kier molecular flexibility index (Phi) is 3.75. The monoisotopic (exact) mass is 254 g/mol. The first-order valence-electron chi connectivity index (χ1n) is 6.98. The van der Waals surface area contributed by atoms with Crippen molar-refractivity contribution >= 4 is 0 Å². The third kappa shape index (κ3) is 2.70. The van der Waals surface area contributed by atoms with Gasteiger partial charge in [-0.3, -0.25) is 0 Å². The van der Waals surface area contributed by atoms with Crippen LogP contribution in [0.1, 0.15) is 42.0 Å². The van der Waals surface area contributed by atoms with Gasteiger partial charge < -0.3 is 0 Å². The van der Waals surface area contributed by atoms with E-state index < -0.39 is 0 Å². The molecule has 1 aromatic carbocycles. The van der Waals surface area contributed by atoms with Crippen LogP contribution in [-0.4, -0.2) is 0 Å². The first kappa shape index (κ1) is 13.8. The zero-order valence-electron chi connectivity index (χ0n) is 12.9. The molecule has 0 saturated carbocycles. The van der Waals surface area contributed by atoms with Crippen molar-refractivity contribution in [2.24, 2.45) is 7.05 Å². The topological polar surface area (TPSA) is 3.88 Å². The highest BCUT2D eigenvalue weighted by atomic mass is 14.9. The summed E-state index contributed by atoms with van der Waals surface area (Å²) in [6.45, 7) is 11.0. The minimum Gasteiger partial charge on any atom is -0.201 e. The van der Waals surface area contributed by atoms with Crippen molar-refractivity contribution < 1.29 is 4.57 Å². The van der Waals surface area contributed by atoms with E-state index in [2.05, 4.69) is 76.7 Å². The minimum atomic E-state index is 0.561. The van der Waals surface area contributed by atoms with Gasteiger partial charge in [0.25, 0.3) is 0 Å². The van der Waals surface area contributed by atoms with Crippen LogP contribution in [0.15, 0.2) is 30.5 Å². The third-order valence-electron chi connectivity index (χ3n) is 3.79. The average molecular weight is 254 g/mol. The maximum absolute atomic E-state index is 2.34. The Bertz CT molecular complexity index is 609. The Morgan fingerprint density at radius 3 is 2.21 bits per heavy atom. The number of aromatic nitrogens is 1. The van der Waals surface area contributed by atoms with Gasteiger partial charge in [-0.2, -0.15) is 0 Å². The highest BCUT2D eigenvalue weighted by molar-refractivity contribution is 5.62. The smallest absolute Gasteiger partial charge is 0.201 e. The molecular formula is C18H24N+. The quantitative estimate of drug-likeness (QED) is 0.706. The molecule has 0 N–H and O–H groups in total. The molecule has 100 valence electrons. The molecule has 0 amide bonds. The van der Waals surface area contributed by atoms with Gasteiger partial charge in [0, 0.05) is 17.2 Å². The van der Waals surface area contributed by atoms with Crippen molar-refractivity contribution in [3.8, 4) is 11.3 Å². The van der Waals surface area contributed by atoms with E-state index in [-0.39, 0.29) is 0 Å². The zero-order valence-corrected chi connectivity index (χ0v) is 12.9. The van der Waals surface area contributed by atoms with Gasteiger partial charge in [0.15, 0.2) is 6.20 Å². The number of hydrogen-bond acceptors (Lipinski definition) is 0. The maximum atomic E-state index is 2.34. The lowest BCUT2D eigenvalue weighted by Crippen LogP contribution is -2.32. The molecule has 0 radical (unpaired) electrons. The second-order valence-electron chi connectivity index (χ2n) is 5.88. The Morgan fingerprint density at radius 1 is 0.947 bits per heavy atom. The number of pyridine rings is 1. The number of rotatable bonds is 2. The Labute approximate surface area is 116 Å². The molecule has 0 fully saturated rings. The van der Waals surface area contributed by atoms with Crippen molar-refractivity contribution in [1.29, 1.82) is 0 Å². The Morgan fingerprint density at radius 2 is 1.63 bits per heavy atom. The van der Waals surface area contributed by atoms with Crippen molar-refractivity contribution in [2.75, 3.05) is 0 Å². The van der Waals surface area contributed by atoms with Gasteiger partial charge in [-0.1, -0.05) is 31.5 Å². The van der Waals surface area contributed by atoms with Crippen LogP contribution in [-0.2, 0) is 7.05 Å². The SMILES string of the molecule is Cc1ccc(-c2cc(C(C)C)c(C)c[n+]2C)c(C)c1. The van der Waals surface area contributed by atoms with E-state index in [0.29, 0.717) is 5.92 Å². The zero-order chi connectivity index (χ0) is 14.2. The Balaban J connectivity index is 2.64. The molecule has 0 aliphatic rings. The van der Waals surface area contributed by atoms with Gasteiger partial charge in [-0.05, 0) is 43.9 Å². The van der Waals surface area contributed by atoms with Crippen molar-refractivity contribution in [1.82, 2.24) is 0 Å². The van der Waals surface area contributed by atoms with Gasteiger partial charge in [0.05, 0.1) is 0 Å². The van der Waals surface area contributed by atoms with Crippen LogP contribution in [0.25, 0.3) is 11.3 Å². The average Bonchev–Trinajstić information content (AvgIpc) is 2.30. The molecule has 0 aliphatic carbocycles. The molecule has 2 aromatic rings. The lowest BCUT2D eigenvalue weighted by molar-refractivity contribution is -0.660. The Hall–Kier alpha value is -1.63. The van der Waals surface area contributed by atoms with E-state index >= 15 is 0 Å². The summed E-state index contributed by atoms with van der Waals surface area (Å²) < 4.78 is 2.24. The summed E-state index contributed by atoms with van der Waals surface area (Å²) in [4.78, 5) is 0. The lowest BCUT2D eigenvalue weighted by atomic mass is 9.95. The molecule has 19 heavy (non-hydrogen) atoms. The van der Waals surface area contributed by atoms with Gasteiger partial charge in [0.2, 0.25) is 5.69 Å². The predicted molar refractivity (Wildman–Crippen MR) is 81.4 cm³/mol. The molecular weight excluding hydrogens is 230 g/mol. The summed E-state index contributed by atoms with van der Waals surface area (Å²) in [5.74, 6) is 0.561. The highest BCUT2D eigenvalue weighted by Crippen LogP contribution is 2.26. The summed E-state index contributed by atoms with van der Waals surface area (Å²) in [5.41, 5.74) is 8.09. The number of benzene rings is 1. The molecule has 2 rings (SSSR count). The molecule has 0 atom stereocenters. The summed E-state index contributed by atoms with van der Waals surface area (Å²) in [6.07, 6.45) is 2.24. The fourth-order valence-corrected chi connectivity index (χ4v) is 2.79. The van der Waals surface area contributed by atoms with Crippen molar-refractivity contribution in [2.45, 2.75) is 40.5 Å². The van der Waals surface area contributed by atoms with E-state index in [1.807, 2.05) is 0 Å². The standard InChI is InChI=1S/C18H24N/c1-12(2)17-10-18(19(6)11-15(17)5)16-8-7-13(3)9-14(16)4/h7-12H,1-6H3/q+1. The number of aryl methyl sites for hydroxylation is 4. The summed E-state index contributed by atoms with van der Waals surface area (Å²) in [6, 6.07) is 9.03. The molecule has 0 aliphatic heterocycles. The van der Waals surface area contributed by atoms with E-state index in [0.717, 1.165) is 0 Å². The number of hydrogen-bond donors (Lipinski definition) is 0. The summed E-state index contributed by atoms with van der Waals surface area (Å²) in [5, 5.41) is 0. The molecule has 1 aromatic heterocycles. The van der Waals surface area contributed by atoms with Crippen LogP contribution < -0.4 is 4.57 Å². The van der Waals surface area contributed by atoms with Crippen LogP contribution in [0.4, 0.5) is 0 Å². The van der Waals surface area contributed by atoms with E-state index in [1.54, 1.807) is 0 Å². The lowest BCUT2D eigenvalue weighted by Gasteiger charge is -2.12. The fraction of sp³-hybridized carbons (Fsp3) is 0.389. The van der Waals surface area contributed by atoms with Crippen molar-refractivity contribution in [3.63, 3.8) is 0 Å². The van der Waals surface area contributed by atoms with Crippen LogP contribution in [0.3, 0.4) is 0 Å². The third-order valence-corrected chi connectivity index (χ3v) is 3.79. The van der Waals surface area contributed by atoms with Crippen LogP contribution >= 0.6 is 0 Å². The predicted octanol–water partition coefficient (Wildman–Crippen LogP) is 4.23.